The van der Waals surface area contributed by atoms with Gasteiger partial charge in [-0.15, -0.1) is 0 Å². The fourth-order valence-corrected chi connectivity index (χ4v) is 2.15. The number of nitrogens with zero attached hydrogens (tertiary/aromatic N) is 2. The summed E-state index contributed by atoms with van der Waals surface area (Å²) in [6, 6.07) is 8.25. The monoisotopic (exact) mass is 286 g/mol. The summed E-state index contributed by atoms with van der Waals surface area (Å²) < 4.78 is 5.02. The molecular weight excluding hydrogens is 264 g/mol. The molecule has 5 heteroatoms. The minimum absolute atomic E-state index is 0.742. The van der Waals surface area contributed by atoms with Crippen LogP contribution < -0.4 is 10.6 Å². The molecule has 0 aliphatic heterocycles. The molecule has 0 fully saturated rings. The van der Waals surface area contributed by atoms with E-state index in [0.29, 0.717) is 0 Å². The van der Waals surface area contributed by atoms with Crippen LogP contribution in [0.1, 0.15) is 17.5 Å². The molecule has 21 heavy (non-hydrogen) atoms. The van der Waals surface area contributed by atoms with Crippen LogP contribution >= 0.6 is 0 Å². The highest BCUT2D eigenvalue weighted by atomic mass is 16.5. The van der Waals surface area contributed by atoms with Gasteiger partial charge in [0, 0.05) is 32.0 Å². The van der Waals surface area contributed by atoms with Gasteiger partial charge in [0.1, 0.15) is 18.0 Å². The summed E-state index contributed by atoms with van der Waals surface area (Å²) in [5.41, 5.74) is 3.49. The predicted octanol–water partition coefficient (Wildman–Crippen LogP) is 3.29. The number of ether oxygens (including phenoxy) is 1. The lowest BCUT2D eigenvalue weighted by molar-refractivity contribution is 0.198. The standard InChI is InChI=1S/C16H22N4O/c1-12-7-13(2)9-14(8-12)20-16-10-15(18-11-19-16)17-5-4-6-21-3/h7-11H,4-6H2,1-3H3,(H2,17,18,19,20). The Kier molecular flexibility index (Phi) is 5.51. The highest BCUT2D eigenvalue weighted by molar-refractivity contribution is 5.60. The van der Waals surface area contributed by atoms with Gasteiger partial charge in [-0.3, -0.25) is 0 Å². The van der Waals surface area contributed by atoms with Crippen molar-refractivity contribution in [2.24, 2.45) is 0 Å². The summed E-state index contributed by atoms with van der Waals surface area (Å²) >= 11 is 0. The zero-order valence-corrected chi connectivity index (χ0v) is 12.8. The number of benzene rings is 1. The average molecular weight is 286 g/mol. The van der Waals surface area contributed by atoms with Gasteiger partial charge < -0.3 is 15.4 Å². The molecule has 0 amide bonds. The van der Waals surface area contributed by atoms with Crippen LogP contribution in [0.15, 0.2) is 30.6 Å². The second-order valence-electron chi connectivity index (χ2n) is 5.06. The Morgan fingerprint density at radius 1 is 1.00 bits per heavy atom. The Morgan fingerprint density at radius 3 is 2.43 bits per heavy atom. The number of anilines is 3. The molecule has 1 aromatic carbocycles. The topological polar surface area (TPSA) is 59.1 Å². The maximum Gasteiger partial charge on any atom is 0.135 e. The lowest BCUT2D eigenvalue weighted by Gasteiger charge is -2.10. The molecule has 112 valence electrons. The van der Waals surface area contributed by atoms with E-state index in [4.69, 9.17) is 4.74 Å². The first-order chi connectivity index (χ1) is 10.2. The molecule has 2 N–H and O–H groups in total. The molecule has 0 aliphatic carbocycles. The van der Waals surface area contributed by atoms with Crippen LogP contribution in [0.4, 0.5) is 17.3 Å². The third kappa shape index (κ3) is 5.04. The Balaban J connectivity index is 2.00. The fourth-order valence-electron chi connectivity index (χ4n) is 2.15. The Bertz CT molecular complexity index is 566. The number of nitrogens with one attached hydrogen (secondary N) is 2. The van der Waals surface area contributed by atoms with Crippen LogP contribution in [0.5, 0.6) is 0 Å². The summed E-state index contributed by atoms with van der Waals surface area (Å²) in [5.74, 6) is 1.59. The van der Waals surface area contributed by atoms with Crippen molar-refractivity contribution in [1.82, 2.24) is 9.97 Å². The maximum absolute atomic E-state index is 5.02. The number of aryl methyl sites for hydroxylation is 2. The minimum atomic E-state index is 0.742. The molecule has 2 aromatic rings. The van der Waals surface area contributed by atoms with E-state index in [1.54, 1.807) is 13.4 Å². The van der Waals surface area contributed by atoms with Gasteiger partial charge in [-0.25, -0.2) is 9.97 Å². The largest absolute Gasteiger partial charge is 0.385 e. The predicted molar refractivity (Wildman–Crippen MR) is 86.2 cm³/mol. The molecule has 1 heterocycles. The number of aromatic nitrogens is 2. The Labute approximate surface area is 125 Å². The van der Waals surface area contributed by atoms with Gasteiger partial charge in [0.2, 0.25) is 0 Å². The number of methoxy groups -OCH3 is 1. The van der Waals surface area contributed by atoms with Gasteiger partial charge in [-0.1, -0.05) is 6.07 Å². The SMILES string of the molecule is COCCCNc1cc(Nc2cc(C)cc(C)c2)ncn1. The van der Waals surface area contributed by atoms with E-state index < -0.39 is 0 Å². The van der Waals surface area contributed by atoms with E-state index in [0.717, 1.165) is 36.9 Å². The third-order valence-corrected chi connectivity index (χ3v) is 2.99. The number of rotatable bonds is 7. The minimum Gasteiger partial charge on any atom is -0.385 e. The molecule has 2 rings (SSSR count). The quantitative estimate of drug-likeness (QED) is 0.765. The molecular formula is C16H22N4O. The van der Waals surface area contributed by atoms with Crippen molar-refractivity contribution >= 4 is 17.3 Å². The molecule has 0 unspecified atom stereocenters. The van der Waals surface area contributed by atoms with Crippen LogP contribution in [0.3, 0.4) is 0 Å². The number of hydrogen-bond donors (Lipinski definition) is 2. The summed E-state index contributed by atoms with van der Waals surface area (Å²) in [6.45, 7) is 5.74. The lowest BCUT2D eigenvalue weighted by Crippen LogP contribution is -2.06. The summed E-state index contributed by atoms with van der Waals surface area (Å²) in [6.07, 6.45) is 2.50. The highest BCUT2D eigenvalue weighted by Crippen LogP contribution is 2.19. The molecule has 0 atom stereocenters. The second-order valence-corrected chi connectivity index (χ2v) is 5.06. The van der Waals surface area contributed by atoms with Gasteiger partial charge >= 0.3 is 0 Å². The molecule has 0 saturated heterocycles. The first-order valence-corrected chi connectivity index (χ1v) is 7.07. The van der Waals surface area contributed by atoms with Gasteiger partial charge in [-0.05, 0) is 43.5 Å². The van der Waals surface area contributed by atoms with Crippen molar-refractivity contribution in [2.45, 2.75) is 20.3 Å². The fraction of sp³-hybridized carbons (Fsp3) is 0.375. The van der Waals surface area contributed by atoms with Crippen molar-refractivity contribution in [3.05, 3.63) is 41.7 Å². The van der Waals surface area contributed by atoms with Crippen molar-refractivity contribution in [3.63, 3.8) is 0 Å². The van der Waals surface area contributed by atoms with E-state index in [9.17, 15) is 0 Å². The van der Waals surface area contributed by atoms with Gasteiger partial charge in [-0.2, -0.15) is 0 Å². The van der Waals surface area contributed by atoms with Gasteiger partial charge in [0.15, 0.2) is 0 Å². The zero-order chi connectivity index (χ0) is 15.1. The molecule has 0 bridgehead atoms. The van der Waals surface area contributed by atoms with Crippen LogP contribution in [-0.2, 0) is 4.74 Å². The Hall–Kier alpha value is -2.14. The van der Waals surface area contributed by atoms with E-state index in [-0.39, 0.29) is 0 Å². The zero-order valence-electron chi connectivity index (χ0n) is 12.8. The summed E-state index contributed by atoms with van der Waals surface area (Å²) in [5, 5.41) is 6.57. The molecule has 0 radical (unpaired) electrons. The average Bonchev–Trinajstić information content (AvgIpc) is 2.43. The Morgan fingerprint density at radius 2 is 1.71 bits per heavy atom. The molecule has 1 aromatic heterocycles. The highest BCUT2D eigenvalue weighted by Gasteiger charge is 2.01. The molecule has 0 aliphatic rings. The molecule has 0 saturated carbocycles. The van der Waals surface area contributed by atoms with E-state index in [2.05, 4.69) is 52.6 Å². The van der Waals surface area contributed by atoms with Crippen LogP contribution in [-0.4, -0.2) is 30.2 Å². The third-order valence-electron chi connectivity index (χ3n) is 2.99. The number of hydrogen-bond acceptors (Lipinski definition) is 5. The van der Waals surface area contributed by atoms with Crippen molar-refractivity contribution in [2.75, 3.05) is 30.9 Å². The van der Waals surface area contributed by atoms with E-state index in [1.165, 1.54) is 11.1 Å². The van der Waals surface area contributed by atoms with Gasteiger partial charge in [0.05, 0.1) is 0 Å². The van der Waals surface area contributed by atoms with Crippen LogP contribution in [0.2, 0.25) is 0 Å². The smallest absolute Gasteiger partial charge is 0.135 e. The van der Waals surface area contributed by atoms with Crippen LogP contribution in [0.25, 0.3) is 0 Å². The first kappa shape index (κ1) is 15.3. The molecule has 5 nitrogen and oxygen atoms in total. The lowest BCUT2D eigenvalue weighted by atomic mass is 10.1. The van der Waals surface area contributed by atoms with E-state index >= 15 is 0 Å². The second kappa shape index (κ2) is 7.59. The first-order valence-electron chi connectivity index (χ1n) is 7.07. The van der Waals surface area contributed by atoms with Gasteiger partial charge in [0.25, 0.3) is 0 Å². The van der Waals surface area contributed by atoms with Crippen LogP contribution in [0, 0.1) is 13.8 Å². The normalized spacial score (nSPS) is 10.4. The van der Waals surface area contributed by atoms with Crippen molar-refractivity contribution in [3.8, 4) is 0 Å². The van der Waals surface area contributed by atoms with Crippen molar-refractivity contribution < 1.29 is 4.74 Å². The maximum atomic E-state index is 5.02. The van der Waals surface area contributed by atoms with E-state index in [1.807, 2.05) is 6.07 Å². The summed E-state index contributed by atoms with van der Waals surface area (Å²) in [4.78, 5) is 8.46. The summed E-state index contributed by atoms with van der Waals surface area (Å²) in [7, 11) is 1.70. The molecule has 0 spiro atoms. The van der Waals surface area contributed by atoms with Crippen molar-refractivity contribution in [1.29, 1.82) is 0 Å².